The summed E-state index contributed by atoms with van der Waals surface area (Å²) in [4.78, 5) is 25.2. The third-order valence-corrected chi connectivity index (χ3v) is 4.12. The Labute approximate surface area is 144 Å². The molecule has 0 radical (unpaired) electrons. The Bertz CT molecular complexity index is 996. The molecule has 6 nitrogen and oxygen atoms in total. The fourth-order valence-corrected chi connectivity index (χ4v) is 2.76. The van der Waals surface area contributed by atoms with Gasteiger partial charge in [0.1, 0.15) is 11.5 Å². The van der Waals surface area contributed by atoms with Crippen LogP contribution in [0.2, 0.25) is 0 Å². The van der Waals surface area contributed by atoms with Crippen molar-refractivity contribution in [3.63, 3.8) is 0 Å². The van der Waals surface area contributed by atoms with Crippen molar-refractivity contribution in [2.75, 3.05) is 0 Å². The van der Waals surface area contributed by atoms with Gasteiger partial charge in [-0.15, -0.1) is 0 Å². The zero-order valence-electron chi connectivity index (χ0n) is 13.7. The van der Waals surface area contributed by atoms with E-state index in [0.717, 1.165) is 12.1 Å². The van der Waals surface area contributed by atoms with Crippen molar-refractivity contribution in [1.29, 1.82) is 0 Å². The van der Waals surface area contributed by atoms with E-state index in [1.165, 1.54) is 0 Å². The molecule has 0 aliphatic carbocycles. The molecule has 1 aromatic heterocycles. The maximum Gasteiger partial charge on any atom is 0.259 e. The molecule has 1 unspecified atom stereocenters. The van der Waals surface area contributed by atoms with Gasteiger partial charge in [0.05, 0.1) is 16.6 Å². The number of fused-ring (bicyclic) bond motifs is 1. The zero-order chi connectivity index (χ0) is 17.2. The van der Waals surface area contributed by atoms with E-state index in [2.05, 4.69) is 15.1 Å². The Balaban J connectivity index is 1.65. The quantitative estimate of drug-likeness (QED) is 0.783. The van der Waals surface area contributed by atoms with Gasteiger partial charge in [0, 0.05) is 6.42 Å². The Hall–Kier alpha value is -3.15. The molecule has 0 amide bonds. The third kappa shape index (κ3) is 3.10. The van der Waals surface area contributed by atoms with Crippen molar-refractivity contribution in [2.45, 2.75) is 25.9 Å². The van der Waals surface area contributed by atoms with E-state index in [4.69, 9.17) is 9.57 Å². The summed E-state index contributed by atoms with van der Waals surface area (Å²) in [5.74, 6) is 1.81. The van der Waals surface area contributed by atoms with Gasteiger partial charge in [0.2, 0.25) is 0 Å². The Morgan fingerprint density at radius 1 is 1.20 bits per heavy atom. The molecule has 0 spiro atoms. The molecular weight excluding hydrogens is 318 g/mol. The number of nitrogens with zero attached hydrogens (tertiary/aromatic N) is 2. The van der Waals surface area contributed by atoms with E-state index < -0.39 is 0 Å². The summed E-state index contributed by atoms with van der Waals surface area (Å²) in [5, 5.41) is 4.50. The third-order valence-electron chi connectivity index (χ3n) is 4.12. The summed E-state index contributed by atoms with van der Waals surface area (Å²) in [5.41, 5.74) is 1.36. The van der Waals surface area contributed by atoms with Crippen molar-refractivity contribution < 1.29 is 9.57 Å². The number of benzene rings is 2. The molecule has 4 rings (SSSR count). The highest BCUT2D eigenvalue weighted by molar-refractivity contribution is 5.85. The van der Waals surface area contributed by atoms with Crippen LogP contribution in [0.4, 0.5) is 0 Å². The summed E-state index contributed by atoms with van der Waals surface area (Å²) in [6.45, 7) is 2.02. The predicted molar refractivity (Wildman–Crippen MR) is 95.0 cm³/mol. The van der Waals surface area contributed by atoms with E-state index in [1.54, 1.807) is 18.2 Å². The molecule has 1 aliphatic rings. The van der Waals surface area contributed by atoms with Crippen molar-refractivity contribution in [3.8, 4) is 11.5 Å². The first kappa shape index (κ1) is 15.4. The van der Waals surface area contributed by atoms with Crippen LogP contribution >= 0.6 is 0 Å². The first-order valence-electron chi connectivity index (χ1n) is 8.21. The second kappa shape index (κ2) is 6.39. The van der Waals surface area contributed by atoms with Gasteiger partial charge in [-0.1, -0.05) is 30.3 Å². The minimum atomic E-state index is -0.327. The van der Waals surface area contributed by atoms with Crippen LogP contribution in [-0.2, 0) is 4.84 Å². The van der Waals surface area contributed by atoms with E-state index >= 15 is 0 Å². The molecule has 0 saturated carbocycles. The number of oxime groups is 1. The van der Waals surface area contributed by atoms with Crippen LogP contribution in [0.25, 0.3) is 10.9 Å². The van der Waals surface area contributed by atoms with Gasteiger partial charge in [0.25, 0.3) is 5.56 Å². The molecule has 2 aromatic carbocycles. The van der Waals surface area contributed by atoms with Crippen molar-refractivity contribution in [1.82, 2.24) is 9.97 Å². The predicted octanol–water partition coefficient (Wildman–Crippen LogP) is 3.94. The molecule has 1 N–H and O–H groups in total. The SMILES string of the molecule is CCC1=NOC(c2nc3ccc(Oc4ccccc4)cc3c(=O)[nH]2)C1. The van der Waals surface area contributed by atoms with Crippen molar-refractivity contribution >= 4 is 16.6 Å². The molecule has 1 aliphatic heterocycles. The average Bonchev–Trinajstić information content (AvgIpc) is 3.12. The standard InChI is InChI=1S/C19H17N3O3/c1-2-12-10-17(25-22-12)18-20-16-9-8-14(11-15(16)19(23)21-18)24-13-6-4-3-5-7-13/h3-9,11,17H,2,10H2,1H3,(H,20,21,23). The Morgan fingerprint density at radius 2 is 2.04 bits per heavy atom. The minimum absolute atomic E-state index is 0.216. The van der Waals surface area contributed by atoms with Crippen LogP contribution in [0.1, 0.15) is 31.7 Å². The number of H-pyrrole nitrogens is 1. The highest BCUT2D eigenvalue weighted by Crippen LogP contribution is 2.27. The lowest BCUT2D eigenvalue weighted by atomic mass is 10.1. The van der Waals surface area contributed by atoms with Gasteiger partial charge in [-0.2, -0.15) is 0 Å². The fraction of sp³-hybridized carbons (Fsp3) is 0.211. The number of para-hydroxylation sites is 1. The van der Waals surface area contributed by atoms with E-state index in [1.807, 2.05) is 37.3 Å². The lowest BCUT2D eigenvalue weighted by Crippen LogP contribution is -2.15. The number of aromatic nitrogens is 2. The highest BCUT2D eigenvalue weighted by atomic mass is 16.6. The van der Waals surface area contributed by atoms with Gasteiger partial charge in [-0.25, -0.2) is 4.98 Å². The van der Waals surface area contributed by atoms with Crippen LogP contribution in [0, 0.1) is 0 Å². The van der Waals surface area contributed by atoms with Gasteiger partial charge >= 0.3 is 0 Å². The van der Waals surface area contributed by atoms with Gasteiger partial charge in [0.15, 0.2) is 11.9 Å². The van der Waals surface area contributed by atoms with Gasteiger partial charge in [-0.3, -0.25) is 4.79 Å². The summed E-state index contributed by atoms with van der Waals surface area (Å²) in [6, 6.07) is 14.7. The average molecular weight is 335 g/mol. The molecule has 126 valence electrons. The van der Waals surface area contributed by atoms with E-state index in [9.17, 15) is 4.79 Å². The number of nitrogens with one attached hydrogen (secondary N) is 1. The number of rotatable bonds is 4. The van der Waals surface area contributed by atoms with Crippen LogP contribution < -0.4 is 10.3 Å². The van der Waals surface area contributed by atoms with Crippen molar-refractivity contribution in [3.05, 3.63) is 64.7 Å². The summed E-state index contributed by atoms with van der Waals surface area (Å²) < 4.78 is 5.78. The van der Waals surface area contributed by atoms with Crippen LogP contribution in [0.3, 0.4) is 0 Å². The maximum absolute atomic E-state index is 12.5. The monoisotopic (exact) mass is 335 g/mol. The first-order chi connectivity index (χ1) is 12.2. The highest BCUT2D eigenvalue weighted by Gasteiger charge is 2.24. The van der Waals surface area contributed by atoms with Crippen LogP contribution in [-0.4, -0.2) is 15.7 Å². The second-order valence-corrected chi connectivity index (χ2v) is 5.85. The Kier molecular flexibility index (Phi) is 3.93. The Morgan fingerprint density at radius 3 is 2.80 bits per heavy atom. The first-order valence-corrected chi connectivity index (χ1v) is 8.21. The fourth-order valence-electron chi connectivity index (χ4n) is 2.76. The largest absolute Gasteiger partial charge is 0.457 e. The maximum atomic E-state index is 12.5. The van der Waals surface area contributed by atoms with Crippen LogP contribution in [0.5, 0.6) is 11.5 Å². The summed E-state index contributed by atoms with van der Waals surface area (Å²) in [7, 11) is 0. The van der Waals surface area contributed by atoms with Gasteiger partial charge < -0.3 is 14.6 Å². The normalized spacial score (nSPS) is 16.5. The molecule has 6 heteroatoms. The molecular formula is C19H17N3O3. The number of hydrogen-bond acceptors (Lipinski definition) is 5. The zero-order valence-corrected chi connectivity index (χ0v) is 13.7. The van der Waals surface area contributed by atoms with Gasteiger partial charge in [-0.05, 0) is 36.8 Å². The topological polar surface area (TPSA) is 76.6 Å². The molecule has 0 fully saturated rings. The molecule has 3 aromatic rings. The molecule has 2 heterocycles. The van der Waals surface area contributed by atoms with Crippen molar-refractivity contribution in [2.24, 2.45) is 5.16 Å². The smallest absolute Gasteiger partial charge is 0.259 e. The number of hydrogen-bond donors (Lipinski definition) is 1. The molecule has 25 heavy (non-hydrogen) atoms. The number of aromatic amines is 1. The van der Waals surface area contributed by atoms with E-state index in [-0.39, 0.29) is 11.7 Å². The number of ether oxygens (including phenoxy) is 1. The summed E-state index contributed by atoms with van der Waals surface area (Å²) in [6.07, 6.45) is 1.15. The lowest BCUT2D eigenvalue weighted by molar-refractivity contribution is 0.0792. The minimum Gasteiger partial charge on any atom is -0.457 e. The van der Waals surface area contributed by atoms with Crippen LogP contribution in [0.15, 0.2) is 58.5 Å². The van der Waals surface area contributed by atoms with E-state index in [0.29, 0.717) is 34.6 Å². The molecule has 0 bridgehead atoms. The summed E-state index contributed by atoms with van der Waals surface area (Å²) >= 11 is 0. The second-order valence-electron chi connectivity index (χ2n) is 5.85. The molecule has 0 saturated heterocycles. The molecule has 1 atom stereocenters. The lowest BCUT2D eigenvalue weighted by Gasteiger charge is -2.09.